The van der Waals surface area contributed by atoms with Gasteiger partial charge in [0.05, 0.1) is 17.4 Å². The summed E-state index contributed by atoms with van der Waals surface area (Å²) in [5, 5.41) is 12.1. The number of hydrogen-bond donors (Lipinski definition) is 0. The summed E-state index contributed by atoms with van der Waals surface area (Å²) in [6, 6.07) is 4.35. The van der Waals surface area contributed by atoms with Crippen LogP contribution in [0.2, 0.25) is 0 Å². The Balaban J connectivity index is 2.46. The van der Waals surface area contributed by atoms with Gasteiger partial charge in [-0.3, -0.25) is 0 Å². The van der Waals surface area contributed by atoms with Gasteiger partial charge in [0.2, 0.25) is 0 Å². The molecule has 0 bridgehead atoms. The van der Waals surface area contributed by atoms with Gasteiger partial charge in [0.15, 0.2) is 0 Å². The third-order valence-corrected chi connectivity index (χ3v) is 3.87. The average Bonchev–Trinajstić information content (AvgIpc) is 2.91. The van der Waals surface area contributed by atoms with Crippen molar-refractivity contribution in [2.45, 2.75) is 27.2 Å². The molecule has 2 rings (SSSR count). The van der Waals surface area contributed by atoms with E-state index in [0.717, 1.165) is 34.8 Å². The van der Waals surface area contributed by atoms with Crippen molar-refractivity contribution in [3.63, 3.8) is 0 Å². The molecule has 1 unspecified atom stereocenters. The minimum absolute atomic E-state index is 0.00585. The van der Waals surface area contributed by atoms with Crippen molar-refractivity contribution in [3.8, 4) is 6.07 Å². The van der Waals surface area contributed by atoms with Crippen LogP contribution in [0.25, 0.3) is 10.2 Å². The quantitative estimate of drug-likeness (QED) is 0.840. The fraction of sp³-hybridized carbons (Fsp3) is 0.500. The van der Waals surface area contributed by atoms with Crippen molar-refractivity contribution in [2.24, 2.45) is 5.92 Å². The zero-order chi connectivity index (χ0) is 13.8. The van der Waals surface area contributed by atoms with Gasteiger partial charge in [0, 0.05) is 19.5 Å². The van der Waals surface area contributed by atoms with Crippen LogP contribution in [0.3, 0.4) is 0 Å². The van der Waals surface area contributed by atoms with Crippen LogP contribution in [-0.4, -0.2) is 23.1 Å². The summed E-state index contributed by atoms with van der Waals surface area (Å²) in [7, 11) is 0. The summed E-state index contributed by atoms with van der Waals surface area (Å²) >= 11 is 1.64. The SMILES string of the molecule is CCc1nc(N(CC)CC(C)C#N)c2ccsc2n1. The molecule has 4 nitrogen and oxygen atoms in total. The van der Waals surface area contributed by atoms with Gasteiger partial charge >= 0.3 is 0 Å². The van der Waals surface area contributed by atoms with Crippen LogP contribution in [0, 0.1) is 17.2 Å². The molecule has 2 aromatic heterocycles. The van der Waals surface area contributed by atoms with Crippen LogP contribution in [0.4, 0.5) is 5.82 Å². The summed E-state index contributed by atoms with van der Waals surface area (Å²) in [5.41, 5.74) is 0. The van der Waals surface area contributed by atoms with Gasteiger partial charge in [-0.05, 0) is 25.3 Å². The number of anilines is 1. The number of thiophene rings is 1. The number of nitriles is 1. The van der Waals surface area contributed by atoms with Crippen molar-refractivity contribution in [3.05, 3.63) is 17.3 Å². The summed E-state index contributed by atoms with van der Waals surface area (Å²) in [5.74, 6) is 1.83. The third kappa shape index (κ3) is 2.85. The highest BCUT2D eigenvalue weighted by Gasteiger charge is 2.15. The maximum absolute atomic E-state index is 8.99. The fourth-order valence-electron chi connectivity index (χ4n) is 2.02. The monoisotopic (exact) mass is 274 g/mol. The molecule has 0 spiro atoms. The molecule has 0 aliphatic carbocycles. The summed E-state index contributed by atoms with van der Waals surface area (Å²) in [6.07, 6.45) is 0.826. The molecule has 0 aromatic carbocycles. The van der Waals surface area contributed by atoms with Crippen molar-refractivity contribution in [1.82, 2.24) is 9.97 Å². The first-order valence-electron chi connectivity index (χ1n) is 6.58. The molecule has 2 heterocycles. The van der Waals surface area contributed by atoms with Gasteiger partial charge in [-0.2, -0.15) is 5.26 Å². The van der Waals surface area contributed by atoms with E-state index in [-0.39, 0.29) is 5.92 Å². The lowest BCUT2D eigenvalue weighted by atomic mass is 10.2. The number of aryl methyl sites for hydroxylation is 1. The van der Waals surface area contributed by atoms with E-state index in [1.807, 2.05) is 12.3 Å². The first-order valence-corrected chi connectivity index (χ1v) is 7.46. The molecule has 1 atom stereocenters. The highest BCUT2D eigenvalue weighted by atomic mass is 32.1. The maximum atomic E-state index is 8.99. The Hall–Kier alpha value is -1.67. The van der Waals surface area contributed by atoms with Crippen molar-refractivity contribution in [2.75, 3.05) is 18.0 Å². The van der Waals surface area contributed by atoms with Gasteiger partial charge in [-0.15, -0.1) is 11.3 Å². The van der Waals surface area contributed by atoms with Gasteiger partial charge in [-0.25, -0.2) is 9.97 Å². The molecule has 0 radical (unpaired) electrons. The summed E-state index contributed by atoms with van der Waals surface area (Å²) < 4.78 is 0. The van der Waals surface area contributed by atoms with Gasteiger partial charge in [0.1, 0.15) is 16.5 Å². The van der Waals surface area contributed by atoms with Crippen LogP contribution in [0.1, 0.15) is 26.6 Å². The minimum Gasteiger partial charge on any atom is -0.355 e. The predicted molar refractivity (Wildman–Crippen MR) is 79.5 cm³/mol. The van der Waals surface area contributed by atoms with Crippen molar-refractivity contribution >= 4 is 27.4 Å². The standard InChI is InChI=1S/C14H18N4S/c1-4-12-16-13(11-6-7-19-14(11)17-12)18(5-2)9-10(3)8-15/h6-7,10H,4-5,9H2,1-3H3. The number of rotatable bonds is 5. The van der Waals surface area contributed by atoms with E-state index in [0.29, 0.717) is 6.54 Å². The Labute approximate surface area is 117 Å². The molecule has 0 aliphatic rings. The molecule has 0 saturated heterocycles. The van der Waals surface area contributed by atoms with E-state index in [9.17, 15) is 0 Å². The molecular formula is C14H18N4S. The molecule has 0 amide bonds. The van der Waals surface area contributed by atoms with Gasteiger partial charge < -0.3 is 4.90 Å². The Morgan fingerprint density at radius 2 is 2.21 bits per heavy atom. The summed E-state index contributed by atoms with van der Waals surface area (Å²) in [6.45, 7) is 7.65. The van der Waals surface area contributed by atoms with Crippen molar-refractivity contribution in [1.29, 1.82) is 5.26 Å². The first kappa shape index (κ1) is 13.8. The molecule has 0 saturated carbocycles. The Bertz CT molecular complexity index is 599. The molecular weight excluding hydrogens is 256 g/mol. The zero-order valence-electron chi connectivity index (χ0n) is 11.6. The first-order chi connectivity index (χ1) is 9.19. The van der Waals surface area contributed by atoms with E-state index >= 15 is 0 Å². The minimum atomic E-state index is -0.00585. The second-order valence-corrected chi connectivity index (χ2v) is 5.42. The molecule has 5 heteroatoms. The Morgan fingerprint density at radius 3 is 2.84 bits per heavy atom. The van der Waals surface area contributed by atoms with E-state index in [1.54, 1.807) is 11.3 Å². The van der Waals surface area contributed by atoms with Gasteiger partial charge in [-0.1, -0.05) is 6.92 Å². The highest BCUT2D eigenvalue weighted by molar-refractivity contribution is 7.16. The predicted octanol–water partition coefficient (Wildman–Crippen LogP) is 3.24. The lowest BCUT2D eigenvalue weighted by Crippen LogP contribution is -2.29. The van der Waals surface area contributed by atoms with Crippen LogP contribution < -0.4 is 4.90 Å². The van der Waals surface area contributed by atoms with Crippen molar-refractivity contribution < 1.29 is 0 Å². The molecule has 100 valence electrons. The number of nitrogens with zero attached hydrogens (tertiary/aromatic N) is 4. The van der Waals surface area contributed by atoms with E-state index in [2.05, 4.69) is 40.9 Å². The molecule has 0 aliphatic heterocycles. The Morgan fingerprint density at radius 1 is 1.42 bits per heavy atom. The zero-order valence-corrected chi connectivity index (χ0v) is 12.4. The smallest absolute Gasteiger partial charge is 0.141 e. The second kappa shape index (κ2) is 5.98. The lowest BCUT2D eigenvalue weighted by molar-refractivity contribution is 0.679. The second-order valence-electron chi connectivity index (χ2n) is 4.53. The van der Waals surface area contributed by atoms with Crippen LogP contribution in [0.15, 0.2) is 11.4 Å². The number of fused-ring (bicyclic) bond motifs is 1. The van der Waals surface area contributed by atoms with Crippen LogP contribution >= 0.6 is 11.3 Å². The highest BCUT2D eigenvalue weighted by Crippen LogP contribution is 2.28. The number of hydrogen-bond acceptors (Lipinski definition) is 5. The lowest BCUT2D eigenvalue weighted by Gasteiger charge is -2.24. The molecule has 19 heavy (non-hydrogen) atoms. The topological polar surface area (TPSA) is 52.8 Å². The van der Waals surface area contributed by atoms with Crippen LogP contribution in [0.5, 0.6) is 0 Å². The van der Waals surface area contributed by atoms with Crippen LogP contribution in [-0.2, 0) is 6.42 Å². The molecule has 0 N–H and O–H groups in total. The number of aromatic nitrogens is 2. The summed E-state index contributed by atoms with van der Waals surface area (Å²) in [4.78, 5) is 12.4. The van der Waals surface area contributed by atoms with E-state index in [1.165, 1.54) is 0 Å². The van der Waals surface area contributed by atoms with E-state index < -0.39 is 0 Å². The molecule has 0 fully saturated rings. The molecule has 2 aromatic rings. The van der Waals surface area contributed by atoms with E-state index in [4.69, 9.17) is 5.26 Å². The normalized spacial score (nSPS) is 12.3. The fourth-order valence-corrected chi connectivity index (χ4v) is 2.80. The van der Waals surface area contributed by atoms with Gasteiger partial charge in [0.25, 0.3) is 0 Å². The Kier molecular flexibility index (Phi) is 4.33. The maximum Gasteiger partial charge on any atom is 0.141 e. The average molecular weight is 274 g/mol. The largest absolute Gasteiger partial charge is 0.355 e. The third-order valence-electron chi connectivity index (χ3n) is 3.06.